The van der Waals surface area contributed by atoms with Crippen molar-refractivity contribution in [3.8, 4) is 11.6 Å². The van der Waals surface area contributed by atoms with E-state index in [0.29, 0.717) is 12.3 Å². The molecule has 0 radical (unpaired) electrons. The Kier molecular flexibility index (Phi) is 5.26. The van der Waals surface area contributed by atoms with Gasteiger partial charge >= 0.3 is 5.97 Å². The van der Waals surface area contributed by atoms with Crippen molar-refractivity contribution in [3.63, 3.8) is 0 Å². The fourth-order valence-corrected chi connectivity index (χ4v) is 2.62. The highest BCUT2D eigenvalue weighted by atomic mass is 16.5. The maximum Gasteiger partial charge on any atom is 0.307 e. The first-order valence-corrected chi connectivity index (χ1v) is 8.09. The summed E-state index contributed by atoms with van der Waals surface area (Å²) >= 11 is 0. The Balaban J connectivity index is 1.73. The average Bonchev–Trinajstić information content (AvgIpc) is 2.62. The lowest BCUT2D eigenvalue weighted by molar-refractivity contribution is -0.140. The molecule has 0 fully saturated rings. The fraction of sp³-hybridized carbons (Fsp3) is 0.200. The molecule has 1 heterocycles. The number of carbonyl (C=O) groups excluding carboxylic acids is 1. The molecule has 2 N–H and O–H groups in total. The zero-order valence-corrected chi connectivity index (χ0v) is 14.0. The Morgan fingerprint density at radius 2 is 1.92 bits per heavy atom. The molecule has 0 amide bonds. The van der Waals surface area contributed by atoms with Crippen molar-refractivity contribution in [1.82, 2.24) is 4.98 Å². The van der Waals surface area contributed by atoms with Crippen LogP contribution in [-0.4, -0.2) is 24.1 Å². The second kappa shape index (κ2) is 7.77. The number of pyridine rings is 1. The Morgan fingerprint density at radius 3 is 2.68 bits per heavy atom. The highest BCUT2D eigenvalue weighted by Gasteiger charge is 2.11. The number of esters is 1. The quantitative estimate of drug-likeness (QED) is 0.698. The minimum atomic E-state index is -0.294. The maximum atomic E-state index is 11.3. The van der Waals surface area contributed by atoms with E-state index in [0.717, 1.165) is 22.2 Å². The highest BCUT2D eigenvalue weighted by Crippen LogP contribution is 2.23. The molecule has 3 rings (SSSR count). The van der Waals surface area contributed by atoms with Gasteiger partial charge in [-0.3, -0.25) is 4.79 Å². The van der Waals surface area contributed by atoms with Crippen molar-refractivity contribution < 1.29 is 14.3 Å². The smallest absolute Gasteiger partial charge is 0.307 e. The van der Waals surface area contributed by atoms with Gasteiger partial charge in [-0.1, -0.05) is 24.3 Å². The van der Waals surface area contributed by atoms with E-state index in [4.69, 9.17) is 10.5 Å². The van der Waals surface area contributed by atoms with Gasteiger partial charge in [-0.25, -0.2) is 4.98 Å². The molecule has 1 aromatic heterocycles. The predicted molar refractivity (Wildman–Crippen MR) is 96.6 cm³/mol. The summed E-state index contributed by atoms with van der Waals surface area (Å²) in [6.45, 7) is 0. The summed E-state index contributed by atoms with van der Waals surface area (Å²) in [5.41, 5.74) is 7.90. The number of rotatable bonds is 6. The van der Waals surface area contributed by atoms with E-state index in [1.165, 1.54) is 7.11 Å². The lowest BCUT2D eigenvalue weighted by atomic mass is 10.0. The van der Waals surface area contributed by atoms with E-state index in [2.05, 4.69) is 9.72 Å². The molecule has 25 heavy (non-hydrogen) atoms. The average molecular weight is 336 g/mol. The van der Waals surface area contributed by atoms with Gasteiger partial charge in [0.15, 0.2) is 0 Å². The molecule has 128 valence electrons. The van der Waals surface area contributed by atoms with Crippen molar-refractivity contribution in [2.45, 2.75) is 18.9 Å². The molecule has 0 aliphatic heterocycles. The number of nitrogens with two attached hydrogens (primary N) is 1. The van der Waals surface area contributed by atoms with Crippen molar-refractivity contribution in [3.05, 3.63) is 66.2 Å². The Hall–Kier alpha value is -2.92. The standard InChI is InChI=1S/C20H20N2O3/c1-24-20(23)13-16(21)12-14-7-9-18-15(11-14)8-10-19(22-18)25-17-5-3-2-4-6-17/h2-11,16H,12-13,21H2,1H3. The number of methoxy groups -OCH3 is 1. The van der Waals surface area contributed by atoms with Crippen LogP contribution < -0.4 is 10.5 Å². The number of para-hydroxylation sites is 1. The summed E-state index contributed by atoms with van der Waals surface area (Å²) in [6.07, 6.45) is 0.809. The molecule has 0 aliphatic carbocycles. The number of aromatic nitrogens is 1. The van der Waals surface area contributed by atoms with Crippen LogP contribution >= 0.6 is 0 Å². The van der Waals surface area contributed by atoms with Crippen LogP contribution in [0.2, 0.25) is 0 Å². The minimum absolute atomic E-state index is 0.205. The zero-order valence-electron chi connectivity index (χ0n) is 14.0. The summed E-state index contributed by atoms with van der Waals surface area (Å²) in [5.74, 6) is 1.01. The molecule has 1 unspecified atom stereocenters. The Morgan fingerprint density at radius 1 is 1.12 bits per heavy atom. The normalized spacial score (nSPS) is 11.9. The van der Waals surface area contributed by atoms with Gasteiger partial charge in [0.1, 0.15) is 5.75 Å². The number of fused-ring (bicyclic) bond motifs is 1. The summed E-state index contributed by atoms with van der Waals surface area (Å²) < 4.78 is 10.4. The molecular weight excluding hydrogens is 316 g/mol. The Labute approximate surface area is 146 Å². The maximum absolute atomic E-state index is 11.3. The van der Waals surface area contributed by atoms with Gasteiger partial charge < -0.3 is 15.2 Å². The lowest BCUT2D eigenvalue weighted by Gasteiger charge is -2.11. The predicted octanol–water partition coefficient (Wildman–Crippen LogP) is 3.46. The van der Waals surface area contributed by atoms with E-state index in [1.807, 2.05) is 60.7 Å². The first-order chi connectivity index (χ1) is 12.1. The molecule has 5 nitrogen and oxygen atoms in total. The summed E-state index contributed by atoms with van der Waals surface area (Å²) in [4.78, 5) is 15.8. The van der Waals surface area contributed by atoms with Crippen LogP contribution in [0.5, 0.6) is 11.6 Å². The van der Waals surface area contributed by atoms with Crippen LogP contribution in [0.15, 0.2) is 60.7 Å². The van der Waals surface area contributed by atoms with Crippen LogP contribution in [0.25, 0.3) is 10.9 Å². The van der Waals surface area contributed by atoms with E-state index in [9.17, 15) is 4.79 Å². The second-order valence-corrected chi connectivity index (χ2v) is 5.84. The van der Waals surface area contributed by atoms with Gasteiger partial charge in [-0.2, -0.15) is 0 Å². The fourth-order valence-electron chi connectivity index (χ4n) is 2.62. The van der Waals surface area contributed by atoms with Crippen LogP contribution in [0.1, 0.15) is 12.0 Å². The van der Waals surface area contributed by atoms with E-state index < -0.39 is 0 Å². The molecule has 1 atom stereocenters. The SMILES string of the molecule is COC(=O)CC(N)Cc1ccc2nc(Oc3ccccc3)ccc2c1. The topological polar surface area (TPSA) is 74.4 Å². The van der Waals surface area contributed by atoms with Crippen LogP contribution in [0, 0.1) is 0 Å². The van der Waals surface area contributed by atoms with Crippen molar-refractivity contribution >= 4 is 16.9 Å². The van der Waals surface area contributed by atoms with E-state index in [1.54, 1.807) is 0 Å². The number of hydrogen-bond acceptors (Lipinski definition) is 5. The van der Waals surface area contributed by atoms with Gasteiger partial charge in [0, 0.05) is 17.5 Å². The van der Waals surface area contributed by atoms with Crippen molar-refractivity contribution in [2.24, 2.45) is 5.73 Å². The second-order valence-electron chi connectivity index (χ2n) is 5.84. The number of benzene rings is 2. The number of carbonyl (C=O) groups is 1. The zero-order chi connectivity index (χ0) is 17.6. The van der Waals surface area contributed by atoms with Gasteiger partial charge in [0.25, 0.3) is 0 Å². The van der Waals surface area contributed by atoms with E-state index >= 15 is 0 Å². The molecule has 0 aliphatic rings. The van der Waals surface area contributed by atoms with Crippen molar-refractivity contribution in [1.29, 1.82) is 0 Å². The molecule has 0 saturated heterocycles. The van der Waals surface area contributed by atoms with Gasteiger partial charge in [-0.05, 0) is 42.3 Å². The van der Waals surface area contributed by atoms with Crippen LogP contribution in [0.4, 0.5) is 0 Å². The molecule has 3 aromatic rings. The van der Waals surface area contributed by atoms with E-state index in [-0.39, 0.29) is 18.4 Å². The third kappa shape index (κ3) is 4.55. The first kappa shape index (κ1) is 16.9. The molecule has 0 spiro atoms. The van der Waals surface area contributed by atoms with Gasteiger partial charge in [0.05, 0.1) is 19.0 Å². The van der Waals surface area contributed by atoms with Crippen LogP contribution in [-0.2, 0) is 16.0 Å². The first-order valence-electron chi connectivity index (χ1n) is 8.09. The number of hydrogen-bond donors (Lipinski definition) is 1. The Bertz CT molecular complexity index is 865. The van der Waals surface area contributed by atoms with Gasteiger partial charge in [0.2, 0.25) is 5.88 Å². The molecule has 0 bridgehead atoms. The largest absolute Gasteiger partial charge is 0.469 e. The lowest BCUT2D eigenvalue weighted by Crippen LogP contribution is -2.26. The third-order valence-corrected chi connectivity index (χ3v) is 3.85. The number of nitrogens with zero attached hydrogens (tertiary/aromatic N) is 1. The monoisotopic (exact) mass is 336 g/mol. The van der Waals surface area contributed by atoms with Gasteiger partial charge in [-0.15, -0.1) is 0 Å². The molecule has 0 saturated carbocycles. The summed E-state index contributed by atoms with van der Waals surface area (Å²) in [7, 11) is 1.37. The number of ether oxygens (including phenoxy) is 2. The summed E-state index contributed by atoms with van der Waals surface area (Å²) in [5, 5.41) is 1.00. The van der Waals surface area contributed by atoms with Crippen molar-refractivity contribution in [2.75, 3.05) is 7.11 Å². The summed E-state index contributed by atoms with van der Waals surface area (Å²) in [6, 6.07) is 19.0. The third-order valence-electron chi connectivity index (χ3n) is 3.85. The highest BCUT2D eigenvalue weighted by molar-refractivity contribution is 5.80. The molecule has 2 aromatic carbocycles. The van der Waals surface area contributed by atoms with Crippen LogP contribution in [0.3, 0.4) is 0 Å². The molecular formula is C20H20N2O3. The minimum Gasteiger partial charge on any atom is -0.469 e. The molecule has 5 heteroatoms.